The predicted octanol–water partition coefficient (Wildman–Crippen LogP) is 0.922. The summed E-state index contributed by atoms with van der Waals surface area (Å²) in [5, 5.41) is 12.2. The van der Waals surface area contributed by atoms with E-state index in [0.717, 1.165) is 37.3 Å². The molecule has 2 aliphatic rings. The number of carbonyl (C=O) groups is 2. The Hall–Kier alpha value is -2.24. The van der Waals surface area contributed by atoms with Gasteiger partial charge in [-0.05, 0) is 25.0 Å². The molecule has 1 heterocycles. The van der Waals surface area contributed by atoms with Gasteiger partial charge in [0.05, 0.1) is 16.9 Å². The molecule has 0 bridgehead atoms. The smallest absolute Gasteiger partial charge is 0.253 e. The number of rotatable bonds is 5. The number of hydrogen-bond acceptors (Lipinski definition) is 4. The van der Waals surface area contributed by atoms with E-state index in [1.807, 2.05) is 12.1 Å². The van der Waals surface area contributed by atoms with Gasteiger partial charge in [0, 0.05) is 32.1 Å². The molecule has 2 amide bonds. The highest BCUT2D eigenvalue weighted by molar-refractivity contribution is 6.02. The van der Waals surface area contributed by atoms with Gasteiger partial charge in [-0.1, -0.05) is 6.07 Å². The fourth-order valence-corrected chi connectivity index (χ4v) is 2.38. The van der Waals surface area contributed by atoms with Crippen molar-refractivity contribution in [3.8, 4) is 0 Å². The first-order chi connectivity index (χ1) is 10.2. The van der Waals surface area contributed by atoms with E-state index >= 15 is 0 Å². The van der Waals surface area contributed by atoms with E-state index in [1.54, 1.807) is 6.07 Å². The standard InChI is InChI=1S/C15H20N4O2/c20-13(19-10-4-5-10)6-7-18-15(21)11-2-1-3-12-14(11)17-9-8-16-12/h1-3,10,16-17H,4-9H2,(H,18,21)(H,19,20). The molecule has 1 fully saturated rings. The van der Waals surface area contributed by atoms with Crippen LogP contribution in [0, 0.1) is 0 Å². The van der Waals surface area contributed by atoms with Crippen molar-refractivity contribution in [1.82, 2.24) is 10.6 Å². The van der Waals surface area contributed by atoms with Crippen LogP contribution in [0.25, 0.3) is 0 Å². The number of amides is 2. The van der Waals surface area contributed by atoms with Crippen LogP contribution in [0.1, 0.15) is 29.6 Å². The lowest BCUT2D eigenvalue weighted by molar-refractivity contribution is -0.121. The van der Waals surface area contributed by atoms with Gasteiger partial charge >= 0.3 is 0 Å². The van der Waals surface area contributed by atoms with Crippen molar-refractivity contribution < 1.29 is 9.59 Å². The number of anilines is 2. The summed E-state index contributed by atoms with van der Waals surface area (Å²) in [5.74, 6) is -0.144. The zero-order valence-corrected chi connectivity index (χ0v) is 11.9. The molecule has 0 aromatic heterocycles. The van der Waals surface area contributed by atoms with E-state index < -0.39 is 0 Å². The first-order valence-electron chi connectivity index (χ1n) is 7.42. The third kappa shape index (κ3) is 3.45. The lowest BCUT2D eigenvalue weighted by atomic mass is 10.1. The van der Waals surface area contributed by atoms with Crippen LogP contribution in [0.5, 0.6) is 0 Å². The number of fused-ring (bicyclic) bond motifs is 1. The molecule has 112 valence electrons. The van der Waals surface area contributed by atoms with Crippen LogP contribution in [0.4, 0.5) is 11.4 Å². The Kier molecular flexibility index (Phi) is 3.94. The molecule has 0 radical (unpaired) electrons. The second kappa shape index (κ2) is 6.03. The first kappa shape index (κ1) is 13.7. The monoisotopic (exact) mass is 288 g/mol. The Balaban J connectivity index is 1.54. The molecule has 3 rings (SSSR count). The molecule has 1 aliphatic carbocycles. The maximum Gasteiger partial charge on any atom is 0.253 e. The second-order valence-electron chi connectivity index (χ2n) is 5.43. The SMILES string of the molecule is O=C(CCNC(=O)c1cccc2c1NCCN2)NC1CC1. The average molecular weight is 288 g/mol. The average Bonchev–Trinajstić information content (AvgIpc) is 3.30. The zero-order valence-electron chi connectivity index (χ0n) is 11.9. The summed E-state index contributed by atoms with van der Waals surface area (Å²) in [5.41, 5.74) is 2.39. The molecule has 0 unspecified atom stereocenters. The van der Waals surface area contributed by atoms with Gasteiger partial charge in [-0.15, -0.1) is 0 Å². The number of hydrogen-bond donors (Lipinski definition) is 4. The van der Waals surface area contributed by atoms with E-state index in [0.29, 0.717) is 24.6 Å². The van der Waals surface area contributed by atoms with Crippen LogP contribution >= 0.6 is 0 Å². The molecule has 4 N–H and O–H groups in total. The van der Waals surface area contributed by atoms with Gasteiger partial charge < -0.3 is 21.3 Å². The van der Waals surface area contributed by atoms with Gasteiger partial charge in [-0.2, -0.15) is 0 Å². The molecule has 0 spiro atoms. The molecule has 21 heavy (non-hydrogen) atoms. The lowest BCUT2D eigenvalue weighted by Gasteiger charge is -2.22. The lowest BCUT2D eigenvalue weighted by Crippen LogP contribution is -2.32. The number of benzene rings is 1. The highest BCUT2D eigenvalue weighted by Gasteiger charge is 2.23. The fourth-order valence-electron chi connectivity index (χ4n) is 2.38. The van der Waals surface area contributed by atoms with Crippen LogP contribution in [-0.2, 0) is 4.79 Å². The highest BCUT2D eigenvalue weighted by atomic mass is 16.2. The summed E-state index contributed by atoms with van der Waals surface area (Å²) >= 11 is 0. The Morgan fingerprint density at radius 1 is 1.19 bits per heavy atom. The van der Waals surface area contributed by atoms with Gasteiger partial charge in [-0.3, -0.25) is 9.59 Å². The molecule has 1 saturated carbocycles. The van der Waals surface area contributed by atoms with Gasteiger partial charge in [0.2, 0.25) is 5.91 Å². The van der Waals surface area contributed by atoms with Crippen LogP contribution in [0.2, 0.25) is 0 Å². The molecular formula is C15H20N4O2. The Morgan fingerprint density at radius 3 is 2.81 bits per heavy atom. The van der Waals surface area contributed by atoms with Crippen LogP contribution in [0.15, 0.2) is 18.2 Å². The van der Waals surface area contributed by atoms with E-state index in [-0.39, 0.29) is 11.8 Å². The summed E-state index contributed by atoms with van der Waals surface area (Å²) < 4.78 is 0. The first-order valence-corrected chi connectivity index (χ1v) is 7.42. The number of carbonyl (C=O) groups excluding carboxylic acids is 2. The van der Waals surface area contributed by atoms with E-state index in [4.69, 9.17) is 0 Å². The largest absolute Gasteiger partial charge is 0.382 e. The highest BCUT2D eigenvalue weighted by Crippen LogP contribution is 2.28. The van der Waals surface area contributed by atoms with Crippen LogP contribution in [-0.4, -0.2) is 37.5 Å². The fraction of sp³-hybridized carbons (Fsp3) is 0.467. The predicted molar refractivity (Wildman–Crippen MR) is 81.5 cm³/mol. The molecule has 0 saturated heterocycles. The summed E-state index contributed by atoms with van der Waals surface area (Å²) in [6.07, 6.45) is 2.47. The summed E-state index contributed by atoms with van der Waals surface area (Å²) in [6.45, 7) is 2.00. The molecule has 6 heteroatoms. The molecule has 1 aliphatic heterocycles. The summed E-state index contributed by atoms with van der Waals surface area (Å²) in [7, 11) is 0. The van der Waals surface area contributed by atoms with Crippen molar-refractivity contribution in [2.45, 2.75) is 25.3 Å². The van der Waals surface area contributed by atoms with Crippen molar-refractivity contribution in [2.24, 2.45) is 0 Å². The Bertz CT molecular complexity index is 555. The molecule has 0 atom stereocenters. The second-order valence-corrected chi connectivity index (χ2v) is 5.43. The van der Waals surface area contributed by atoms with Crippen molar-refractivity contribution >= 4 is 23.2 Å². The third-order valence-corrected chi connectivity index (χ3v) is 3.63. The van der Waals surface area contributed by atoms with Crippen LogP contribution in [0.3, 0.4) is 0 Å². The van der Waals surface area contributed by atoms with E-state index in [9.17, 15) is 9.59 Å². The van der Waals surface area contributed by atoms with Crippen molar-refractivity contribution in [1.29, 1.82) is 0 Å². The number of nitrogens with one attached hydrogen (secondary N) is 4. The van der Waals surface area contributed by atoms with Gasteiger partial charge in [0.1, 0.15) is 0 Å². The molecule has 1 aromatic carbocycles. The van der Waals surface area contributed by atoms with Crippen molar-refractivity contribution in [3.05, 3.63) is 23.8 Å². The maximum atomic E-state index is 12.2. The normalized spacial score (nSPS) is 16.2. The molecule has 1 aromatic rings. The molecule has 6 nitrogen and oxygen atoms in total. The van der Waals surface area contributed by atoms with E-state index in [2.05, 4.69) is 21.3 Å². The number of para-hydroxylation sites is 1. The summed E-state index contributed by atoms with van der Waals surface area (Å²) in [4.78, 5) is 23.8. The minimum Gasteiger partial charge on any atom is -0.382 e. The quantitative estimate of drug-likeness (QED) is 0.649. The Labute approximate surface area is 123 Å². The van der Waals surface area contributed by atoms with Gasteiger partial charge in [0.25, 0.3) is 5.91 Å². The topological polar surface area (TPSA) is 82.3 Å². The maximum absolute atomic E-state index is 12.2. The minimum absolute atomic E-state index is 0.00711. The summed E-state index contributed by atoms with van der Waals surface area (Å²) in [6, 6.07) is 5.96. The van der Waals surface area contributed by atoms with Gasteiger partial charge in [0.15, 0.2) is 0 Å². The van der Waals surface area contributed by atoms with Crippen molar-refractivity contribution in [2.75, 3.05) is 30.3 Å². The van der Waals surface area contributed by atoms with Crippen molar-refractivity contribution in [3.63, 3.8) is 0 Å². The molecular weight excluding hydrogens is 268 g/mol. The van der Waals surface area contributed by atoms with Crippen LogP contribution < -0.4 is 21.3 Å². The zero-order chi connectivity index (χ0) is 14.7. The van der Waals surface area contributed by atoms with Gasteiger partial charge in [-0.25, -0.2) is 0 Å². The van der Waals surface area contributed by atoms with E-state index in [1.165, 1.54) is 0 Å². The third-order valence-electron chi connectivity index (χ3n) is 3.63. The Morgan fingerprint density at radius 2 is 2.00 bits per heavy atom. The minimum atomic E-state index is -0.151.